The number of likely N-dealkylation sites (N-methyl/N-ethyl adjacent to an activating group) is 1. The molecule has 1 aromatic rings. The summed E-state index contributed by atoms with van der Waals surface area (Å²) in [4.78, 5) is 2.31. The lowest BCUT2D eigenvalue weighted by Crippen LogP contribution is -2.38. The fourth-order valence-corrected chi connectivity index (χ4v) is 2.22. The normalized spacial score (nSPS) is 14.2. The summed E-state index contributed by atoms with van der Waals surface area (Å²) in [5.74, 6) is 0.729. The lowest BCUT2D eigenvalue weighted by molar-refractivity contribution is 0.246. The van der Waals surface area contributed by atoms with E-state index in [1.54, 1.807) is 0 Å². The predicted molar refractivity (Wildman–Crippen MR) is 85.9 cm³/mol. The van der Waals surface area contributed by atoms with Gasteiger partial charge in [0.15, 0.2) is 0 Å². The summed E-state index contributed by atoms with van der Waals surface area (Å²) in [5.41, 5.74) is 1.31. The second kappa shape index (κ2) is 7.23. The zero-order chi connectivity index (χ0) is 15.3. The summed E-state index contributed by atoms with van der Waals surface area (Å²) >= 11 is 0. The third-order valence-corrected chi connectivity index (χ3v) is 3.51. The summed E-state index contributed by atoms with van der Waals surface area (Å²) in [6.07, 6.45) is 5.33. The SMILES string of the molecule is CC(C)CC(CNCc1cnn(C(C)(C)C)c1)N(C)C. The van der Waals surface area contributed by atoms with Gasteiger partial charge in [-0.1, -0.05) is 13.8 Å². The lowest BCUT2D eigenvalue weighted by Gasteiger charge is -2.26. The molecule has 0 amide bonds. The molecule has 0 spiro atoms. The minimum Gasteiger partial charge on any atom is -0.311 e. The molecule has 1 rings (SSSR count). The van der Waals surface area contributed by atoms with Crippen LogP contribution in [0.15, 0.2) is 12.4 Å². The first-order chi connectivity index (χ1) is 9.20. The van der Waals surface area contributed by atoms with Crippen LogP contribution in [-0.4, -0.2) is 41.4 Å². The molecule has 0 radical (unpaired) electrons. The minimum absolute atomic E-state index is 0.0576. The first kappa shape index (κ1) is 17.2. The molecular weight excluding hydrogens is 248 g/mol. The molecule has 0 bridgehead atoms. The van der Waals surface area contributed by atoms with E-state index in [1.165, 1.54) is 12.0 Å². The molecule has 1 unspecified atom stereocenters. The molecule has 0 aliphatic carbocycles. The van der Waals surface area contributed by atoms with E-state index < -0.39 is 0 Å². The van der Waals surface area contributed by atoms with E-state index in [1.807, 2.05) is 10.9 Å². The Labute approximate surface area is 124 Å². The van der Waals surface area contributed by atoms with Crippen LogP contribution in [0.4, 0.5) is 0 Å². The molecule has 1 N–H and O–H groups in total. The molecule has 0 aliphatic rings. The maximum atomic E-state index is 4.43. The largest absolute Gasteiger partial charge is 0.311 e. The van der Waals surface area contributed by atoms with E-state index in [2.05, 4.69) is 70.2 Å². The standard InChI is InChI=1S/C16H32N4/c1-13(2)8-15(19(6)7)11-17-9-14-10-18-20(12-14)16(3,4)5/h10,12-13,15,17H,8-9,11H2,1-7H3. The summed E-state index contributed by atoms with van der Waals surface area (Å²) in [6.45, 7) is 13.0. The van der Waals surface area contributed by atoms with Gasteiger partial charge in [0.25, 0.3) is 0 Å². The molecule has 1 heterocycles. The van der Waals surface area contributed by atoms with Gasteiger partial charge in [0, 0.05) is 30.9 Å². The Bertz CT molecular complexity index is 387. The van der Waals surface area contributed by atoms with Crippen molar-refractivity contribution in [3.63, 3.8) is 0 Å². The van der Waals surface area contributed by atoms with E-state index in [-0.39, 0.29) is 5.54 Å². The maximum absolute atomic E-state index is 4.43. The van der Waals surface area contributed by atoms with Crippen LogP contribution >= 0.6 is 0 Å². The average Bonchev–Trinajstić information content (AvgIpc) is 2.75. The Balaban J connectivity index is 2.45. The van der Waals surface area contributed by atoms with Crippen molar-refractivity contribution in [1.82, 2.24) is 20.0 Å². The third kappa shape index (κ3) is 5.63. The van der Waals surface area contributed by atoms with Gasteiger partial charge in [0.2, 0.25) is 0 Å². The molecule has 0 fully saturated rings. The van der Waals surface area contributed by atoms with Gasteiger partial charge < -0.3 is 10.2 Å². The highest BCUT2D eigenvalue weighted by Gasteiger charge is 2.15. The lowest BCUT2D eigenvalue weighted by atomic mass is 10.0. The molecule has 0 saturated heterocycles. The van der Waals surface area contributed by atoms with Crippen molar-refractivity contribution < 1.29 is 0 Å². The number of rotatable bonds is 7. The topological polar surface area (TPSA) is 33.1 Å². The van der Waals surface area contributed by atoms with E-state index in [4.69, 9.17) is 0 Å². The zero-order valence-electron chi connectivity index (χ0n) is 14.3. The average molecular weight is 280 g/mol. The Morgan fingerprint density at radius 1 is 1.30 bits per heavy atom. The molecule has 116 valence electrons. The number of hydrogen-bond donors (Lipinski definition) is 1. The smallest absolute Gasteiger partial charge is 0.0543 e. The predicted octanol–water partition coefficient (Wildman–Crippen LogP) is 2.70. The molecule has 20 heavy (non-hydrogen) atoms. The molecular formula is C16H32N4. The Kier molecular flexibility index (Phi) is 6.21. The fraction of sp³-hybridized carbons (Fsp3) is 0.812. The van der Waals surface area contributed by atoms with Gasteiger partial charge in [-0.15, -0.1) is 0 Å². The van der Waals surface area contributed by atoms with Crippen molar-refractivity contribution in [3.05, 3.63) is 18.0 Å². The number of nitrogens with one attached hydrogen (secondary N) is 1. The summed E-state index contributed by atoms with van der Waals surface area (Å²) in [7, 11) is 4.32. The summed E-state index contributed by atoms with van der Waals surface area (Å²) < 4.78 is 2.03. The van der Waals surface area contributed by atoms with Crippen LogP contribution in [0.1, 0.15) is 46.6 Å². The van der Waals surface area contributed by atoms with Crippen molar-refractivity contribution in [3.8, 4) is 0 Å². The van der Waals surface area contributed by atoms with Crippen molar-refractivity contribution in [2.45, 2.75) is 59.2 Å². The number of nitrogens with zero attached hydrogens (tertiary/aromatic N) is 3. The van der Waals surface area contributed by atoms with Crippen LogP contribution in [-0.2, 0) is 12.1 Å². The van der Waals surface area contributed by atoms with Gasteiger partial charge in [0.1, 0.15) is 0 Å². The van der Waals surface area contributed by atoms with Crippen molar-refractivity contribution >= 4 is 0 Å². The summed E-state index contributed by atoms with van der Waals surface area (Å²) in [5, 5.41) is 7.99. The Morgan fingerprint density at radius 2 is 1.95 bits per heavy atom. The van der Waals surface area contributed by atoms with Crippen LogP contribution in [0, 0.1) is 5.92 Å². The minimum atomic E-state index is 0.0576. The highest BCUT2D eigenvalue weighted by Crippen LogP contribution is 2.13. The van der Waals surface area contributed by atoms with E-state index >= 15 is 0 Å². The van der Waals surface area contributed by atoms with Gasteiger partial charge in [-0.3, -0.25) is 4.68 Å². The molecule has 4 heteroatoms. The maximum Gasteiger partial charge on any atom is 0.0543 e. The third-order valence-electron chi connectivity index (χ3n) is 3.51. The molecule has 0 aliphatic heterocycles. The van der Waals surface area contributed by atoms with Crippen LogP contribution in [0.25, 0.3) is 0 Å². The van der Waals surface area contributed by atoms with E-state index in [0.717, 1.165) is 19.0 Å². The van der Waals surface area contributed by atoms with Gasteiger partial charge in [-0.05, 0) is 47.2 Å². The van der Waals surface area contributed by atoms with Crippen LogP contribution < -0.4 is 5.32 Å². The van der Waals surface area contributed by atoms with Gasteiger partial charge in [-0.2, -0.15) is 5.10 Å². The van der Waals surface area contributed by atoms with Crippen LogP contribution in [0.5, 0.6) is 0 Å². The van der Waals surface area contributed by atoms with E-state index in [9.17, 15) is 0 Å². The first-order valence-electron chi connectivity index (χ1n) is 7.61. The van der Waals surface area contributed by atoms with Crippen molar-refractivity contribution in [1.29, 1.82) is 0 Å². The number of hydrogen-bond acceptors (Lipinski definition) is 3. The van der Waals surface area contributed by atoms with Gasteiger partial charge in [-0.25, -0.2) is 0 Å². The monoisotopic (exact) mass is 280 g/mol. The van der Waals surface area contributed by atoms with Crippen molar-refractivity contribution in [2.24, 2.45) is 5.92 Å². The quantitative estimate of drug-likeness (QED) is 0.833. The van der Waals surface area contributed by atoms with Crippen LogP contribution in [0.2, 0.25) is 0 Å². The Morgan fingerprint density at radius 3 is 2.40 bits per heavy atom. The Hall–Kier alpha value is -0.870. The van der Waals surface area contributed by atoms with Gasteiger partial charge >= 0.3 is 0 Å². The highest BCUT2D eigenvalue weighted by atomic mass is 15.3. The molecule has 0 aromatic carbocycles. The first-order valence-corrected chi connectivity index (χ1v) is 7.61. The second-order valence-corrected chi connectivity index (χ2v) is 7.34. The zero-order valence-corrected chi connectivity index (χ0v) is 14.3. The van der Waals surface area contributed by atoms with Crippen molar-refractivity contribution in [2.75, 3.05) is 20.6 Å². The molecule has 4 nitrogen and oxygen atoms in total. The molecule has 0 saturated carbocycles. The fourth-order valence-electron chi connectivity index (χ4n) is 2.22. The molecule has 1 atom stereocenters. The summed E-state index contributed by atoms with van der Waals surface area (Å²) in [6, 6.07) is 0.590. The van der Waals surface area contributed by atoms with E-state index in [0.29, 0.717) is 6.04 Å². The molecule has 1 aromatic heterocycles. The number of aromatic nitrogens is 2. The van der Waals surface area contributed by atoms with Crippen LogP contribution in [0.3, 0.4) is 0 Å². The highest BCUT2D eigenvalue weighted by molar-refractivity contribution is 5.04. The van der Waals surface area contributed by atoms with Gasteiger partial charge in [0.05, 0.1) is 11.7 Å². The second-order valence-electron chi connectivity index (χ2n) is 7.34.